The molecule has 0 saturated carbocycles. The fraction of sp³-hybridized carbons (Fsp3) is 0.0667. The second kappa shape index (κ2) is 4.98. The molecule has 2 heterocycles. The van der Waals surface area contributed by atoms with Crippen LogP contribution in [0.1, 0.15) is 0 Å². The Morgan fingerprint density at radius 2 is 1.95 bits per heavy atom. The van der Waals surface area contributed by atoms with Crippen molar-refractivity contribution in [2.45, 2.75) is 0 Å². The van der Waals surface area contributed by atoms with Gasteiger partial charge in [0.05, 0.1) is 10.9 Å². The first kappa shape index (κ1) is 12.7. The zero-order valence-electron chi connectivity index (χ0n) is 10.8. The van der Waals surface area contributed by atoms with Gasteiger partial charge in [-0.1, -0.05) is 23.7 Å². The molecule has 4 nitrogen and oxygen atoms in total. The summed E-state index contributed by atoms with van der Waals surface area (Å²) in [5.41, 5.74) is 2.12. The fourth-order valence-corrected chi connectivity index (χ4v) is 2.32. The second-order valence-electron chi connectivity index (χ2n) is 4.37. The predicted octanol–water partition coefficient (Wildman–Crippen LogP) is 3.29. The van der Waals surface area contributed by atoms with E-state index in [4.69, 9.17) is 11.6 Å². The summed E-state index contributed by atoms with van der Waals surface area (Å²) < 4.78 is 0. The SMILES string of the molecule is CNc1nccc2[nH]cc(-c3ccc(Cl)cc3)c(=O)c12. The Labute approximate surface area is 120 Å². The average Bonchev–Trinajstić information content (AvgIpc) is 2.48. The van der Waals surface area contributed by atoms with Crippen LogP contribution in [0.4, 0.5) is 5.82 Å². The summed E-state index contributed by atoms with van der Waals surface area (Å²) in [6.07, 6.45) is 3.37. The van der Waals surface area contributed by atoms with E-state index in [9.17, 15) is 4.79 Å². The smallest absolute Gasteiger partial charge is 0.200 e. The van der Waals surface area contributed by atoms with Crippen LogP contribution in [0.25, 0.3) is 22.0 Å². The summed E-state index contributed by atoms with van der Waals surface area (Å²) in [4.78, 5) is 20.0. The highest BCUT2D eigenvalue weighted by molar-refractivity contribution is 6.30. The van der Waals surface area contributed by atoms with Crippen LogP contribution in [0.15, 0.2) is 47.5 Å². The van der Waals surface area contributed by atoms with Gasteiger partial charge in [-0.15, -0.1) is 0 Å². The number of nitrogens with one attached hydrogen (secondary N) is 2. The number of nitrogens with zero attached hydrogens (tertiary/aromatic N) is 1. The number of benzene rings is 1. The molecule has 0 amide bonds. The molecule has 3 aromatic rings. The standard InChI is InChI=1S/C15H12ClN3O/c1-17-15-13-12(6-7-18-15)19-8-11(14(13)20)9-2-4-10(16)5-3-9/h2-8H,1H3,(H,17,18)(H,19,20). The van der Waals surface area contributed by atoms with Crippen LogP contribution in [0, 0.1) is 0 Å². The highest BCUT2D eigenvalue weighted by Gasteiger charge is 2.11. The maximum Gasteiger partial charge on any atom is 0.200 e. The lowest BCUT2D eigenvalue weighted by molar-refractivity contribution is 1.28. The molecule has 0 fully saturated rings. The Morgan fingerprint density at radius 3 is 2.65 bits per heavy atom. The number of hydrogen-bond acceptors (Lipinski definition) is 3. The fourth-order valence-electron chi connectivity index (χ4n) is 2.20. The maximum absolute atomic E-state index is 12.7. The number of aromatic amines is 1. The molecule has 2 N–H and O–H groups in total. The Morgan fingerprint density at radius 1 is 1.20 bits per heavy atom. The molecule has 0 aliphatic heterocycles. The van der Waals surface area contributed by atoms with Crippen LogP contribution in [0.3, 0.4) is 0 Å². The van der Waals surface area contributed by atoms with Gasteiger partial charge in [-0.25, -0.2) is 4.98 Å². The van der Waals surface area contributed by atoms with Crippen molar-refractivity contribution >= 4 is 28.3 Å². The van der Waals surface area contributed by atoms with Crippen molar-refractivity contribution in [3.63, 3.8) is 0 Å². The summed E-state index contributed by atoms with van der Waals surface area (Å²) in [6.45, 7) is 0. The number of hydrogen-bond donors (Lipinski definition) is 2. The molecule has 0 atom stereocenters. The lowest BCUT2D eigenvalue weighted by Crippen LogP contribution is -2.09. The van der Waals surface area contributed by atoms with Crippen molar-refractivity contribution in [1.29, 1.82) is 0 Å². The van der Waals surface area contributed by atoms with Gasteiger partial charge in [-0.2, -0.15) is 0 Å². The van der Waals surface area contributed by atoms with Crippen LogP contribution in [0.2, 0.25) is 5.02 Å². The zero-order valence-corrected chi connectivity index (χ0v) is 11.5. The van der Waals surface area contributed by atoms with E-state index in [1.54, 1.807) is 37.6 Å². The third-order valence-corrected chi connectivity index (χ3v) is 3.44. The topological polar surface area (TPSA) is 57.8 Å². The van der Waals surface area contributed by atoms with Crippen molar-refractivity contribution in [2.75, 3.05) is 12.4 Å². The second-order valence-corrected chi connectivity index (χ2v) is 4.81. The molecule has 5 heteroatoms. The van der Waals surface area contributed by atoms with Gasteiger partial charge < -0.3 is 10.3 Å². The molecule has 20 heavy (non-hydrogen) atoms. The summed E-state index contributed by atoms with van der Waals surface area (Å²) in [5, 5.41) is 4.15. The first-order valence-electron chi connectivity index (χ1n) is 6.15. The first-order chi connectivity index (χ1) is 9.70. The number of anilines is 1. The number of H-pyrrole nitrogens is 1. The minimum absolute atomic E-state index is 0.0569. The molecule has 0 radical (unpaired) electrons. The number of fused-ring (bicyclic) bond motifs is 1. The van der Waals surface area contributed by atoms with Gasteiger partial charge in [0.25, 0.3) is 0 Å². The summed E-state index contributed by atoms with van der Waals surface area (Å²) in [7, 11) is 1.75. The van der Waals surface area contributed by atoms with Gasteiger partial charge in [-0.05, 0) is 23.8 Å². The normalized spacial score (nSPS) is 10.7. The molecule has 100 valence electrons. The van der Waals surface area contributed by atoms with Crippen molar-refractivity contribution in [2.24, 2.45) is 0 Å². The molecule has 2 aromatic heterocycles. The van der Waals surface area contributed by atoms with Crippen molar-refractivity contribution in [3.05, 3.63) is 58.0 Å². The third-order valence-electron chi connectivity index (χ3n) is 3.19. The van der Waals surface area contributed by atoms with Gasteiger partial charge in [-0.3, -0.25) is 4.79 Å². The van der Waals surface area contributed by atoms with E-state index in [0.717, 1.165) is 11.1 Å². The molecule has 0 spiro atoms. The minimum Gasteiger partial charge on any atom is -0.372 e. The lowest BCUT2D eigenvalue weighted by atomic mass is 10.1. The van der Waals surface area contributed by atoms with Crippen molar-refractivity contribution < 1.29 is 0 Å². The molecule has 0 saturated heterocycles. The van der Waals surface area contributed by atoms with Crippen LogP contribution in [-0.4, -0.2) is 17.0 Å². The molecular weight excluding hydrogens is 274 g/mol. The monoisotopic (exact) mass is 285 g/mol. The van der Waals surface area contributed by atoms with E-state index >= 15 is 0 Å². The Kier molecular flexibility index (Phi) is 3.16. The summed E-state index contributed by atoms with van der Waals surface area (Å²) >= 11 is 5.88. The van der Waals surface area contributed by atoms with Crippen LogP contribution in [-0.2, 0) is 0 Å². The number of aromatic nitrogens is 2. The number of rotatable bonds is 2. The van der Waals surface area contributed by atoms with Crippen molar-refractivity contribution in [1.82, 2.24) is 9.97 Å². The quantitative estimate of drug-likeness (QED) is 0.760. The van der Waals surface area contributed by atoms with Crippen molar-refractivity contribution in [3.8, 4) is 11.1 Å². The molecule has 0 aliphatic carbocycles. The van der Waals surface area contributed by atoms with Gasteiger partial charge in [0.2, 0.25) is 5.43 Å². The first-order valence-corrected chi connectivity index (χ1v) is 6.52. The van der Waals surface area contributed by atoms with E-state index in [2.05, 4.69) is 15.3 Å². The van der Waals surface area contributed by atoms with E-state index < -0.39 is 0 Å². The zero-order chi connectivity index (χ0) is 14.1. The summed E-state index contributed by atoms with van der Waals surface area (Å²) in [6, 6.07) is 8.97. The van der Waals surface area contributed by atoms with Gasteiger partial charge >= 0.3 is 0 Å². The Bertz CT molecular complexity index is 825. The third kappa shape index (κ3) is 2.04. The molecule has 3 rings (SSSR count). The summed E-state index contributed by atoms with van der Waals surface area (Å²) in [5.74, 6) is 0.569. The number of pyridine rings is 2. The lowest BCUT2D eigenvalue weighted by Gasteiger charge is -2.07. The molecule has 1 aromatic carbocycles. The highest BCUT2D eigenvalue weighted by atomic mass is 35.5. The van der Waals surface area contributed by atoms with E-state index in [0.29, 0.717) is 21.8 Å². The Hall–Kier alpha value is -2.33. The van der Waals surface area contributed by atoms with Gasteiger partial charge in [0, 0.05) is 30.0 Å². The molecule has 0 unspecified atom stereocenters. The Balaban J connectivity index is 2.31. The molecule has 0 bridgehead atoms. The van der Waals surface area contributed by atoms with E-state index in [1.807, 2.05) is 12.1 Å². The highest BCUT2D eigenvalue weighted by Crippen LogP contribution is 2.22. The van der Waals surface area contributed by atoms with Gasteiger partial charge in [0.15, 0.2) is 0 Å². The average molecular weight is 286 g/mol. The van der Waals surface area contributed by atoms with Crippen LogP contribution < -0.4 is 10.7 Å². The largest absolute Gasteiger partial charge is 0.372 e. The molecular formula is C15H12ClN3O. The van der Waals surface area contributed by atoms with E-state index in [1.165, 1.54) is 0 Å². The van der Waals surface area contributed by atoms with E-state index in [-0.39, 0.29) is 5.43 Å². The van der Waals surface area contributed by atoms with Crippen LogP contribution in [0.5, 0.6) is 0 Å². The maximum atomic E-state index is 12.7. The minimum atomic E-state index is -0.0569. The number of halogens is 1. The van der Waals surface area contributed by atoms with Crippen LogP contribution >= 0.6 is 11.6 Å². The predicted molar refractivity (Wildman–Crippen MR) is 82.4 cm³/mol. The van der Waals surface area contributed by atoms with Gasteiger partial charge in [0.1, 0.15) is 5.82 Å². The molecule has 0 aliphatic rings.